The summed E-state index contributed by atoms with van der Waals surface area (Å²) in [6, 6.07) is 11.2. The van der Waals surface area contributed by atoms with Gasteiger partial charge < -0.3 is 10.2 Å². The van der Waals surface area contributed by atoms with Crippen molar-refractivity contribution >= 4 is 11.8 Å². The Morgan fingerprint density at radius 2 is 1.92 bits per heavy atom. The van der Waals surface area contributed by atoms with Gasteiger partial charge in [-0.15, -0.1) is 0 Å². The van der Waals surface area contributed by atoms with Crippen LogP contribution in [-0.4, -0.2) is 40.3 Å². The van der Waals surface area contributed by atoms with Crippen LogP contribution in [0.3, 0.4) is 0 Å². The Bertz CT molecular complexity index is 790. The molecule has 0 unspecified atom stereocenters. The van der Waals surface area contributed by atoms with Crippen molar-refractivity contribution in [3.8, 4) is 0 Å². The van der Waals surface area contributed by atoms with Crippen molar-refractivity contribution in [1.82, 2.24) is 15.2 Å². The first-order chi connectivity index (χ1) is 11.7. The van der Waals surface area contributed by atoms with E-state index < -0.39 is 0 Å². The number of rotatable bonds is 1. The molecule has 0 radical (unpaired) electrons. The molecule has 5 heteroatoms. The molecule has 1 fully saturated rings. The molecule has 0 saturated carbocycles. The lowest BCUT2D eigenvalue weighted by Crippen LogP contribution is -2.50. The number of likely N-dealkylation sites (tertiary alicyclic amines) is 1. The Hall–Kier alpha value is -2.69. The molecule has 1 spiro atoms. The second kappa shape index (κ2) is 5.74. The first-order valence-corrected chi connectivity index (χ1v) is 8.27. The molecule has 0 aliphatic carbocycles. The van der Waals surface area contributed by atoms with Gasteiger partial charge >= 0.3 is 0 Å². The number of aryl methyl sites for hydroxylation is 1. The minimum Gasteiger partial charge on any atom is -0.345 e. The molecule has 24 heavy (non-hydrogen) atoms. The highest BCUT2D eigenvalue weighted by Gasteiger charge is 2.42. The molecule has 1 saturated heterocycles. The molecule has 1 atom stereocenters. The summed E-state index contributed by atoms with van der Waals surface area (Å²) in [6.07, 6.45) is 5.76. The van der Waals surface area contributed by atoms with Gasteiger partial charge in [0.25, 0.3) is 11.8 Å². The number of pyridine rings is 1. The van der Waals surface area contributed by atoms with Gasteiger partial charge in [0.2, 0.25) is 0 Å². The van der Waals surface area contributed by atoms with Gasteiger partial charge in [-0.05, 0) is 43.0 Å². The van der Waals surface area contributed by atoms with Gasteiger partial charge in [0.15, 0.2) is 0 Å². The second-order valence-corrected chi connectivity index (χ2v) is 6.60. The fourth-order valence-corrected chi connectivity index (χ4v) is 3.73. The van der Waals surface area contributed by atoms with E-state index in [1.807, 2.05) is 29.2 Å². The van der Waals surface area contributed by atoms with Crippen LogP contribution >= 0.6 is 0 Å². The largest absolute Gasteiger partial charge is 0.345 e. The smallest absolute Gasteiger partial charge is 0.254 e. The fraction of sp³-hybridized carbons (Fsp3) is 0.316. The van der Waals surface area contributed by atoms with Crippen LogP contribution < -0.4 is 5.32 Å². The Kier molecular flexibility index (Phi) is 3.56. The van der Waals surface area contributed by atoms with Gasteiger partial charge in [-0.3, -0.25) is 14.6 Å². The summed E-state index contributed by atoms with van der Waals surface area (Å²) in [6.45, 7) is 1.23. The molecule has 5 nitrogen and oxygen atoms in total. The molecular formula is C19H19N3O2. The van der Waals surface area contributed by atoms with Crippen molar-refractivity contribution in [3.05, 3.63) is 65.5 Å². The third-order valence-electron chi connectivity index (χ3n) is 5.08. The predicted octanol–water partition coefficient (Wildman–Crippen LogP) is 2.04. The van der Waals surface area contributed by atoms with Crippen molar-refractivity contribution in [2.45, 2.75) is 24.8 Å². The van der Waals surface area contributed by atoms with E-state index in [1.54, 1.807) is 24.5 Å². The maximum absolute atomic E-state index is 12.6. The van der Waals surface area contributed by atoms with E-state index in [0.29, 0.717) is 18.7 Å². The van der Waals surface area contributed by atoms with Crippen LogP contribution in [0.25, 0.3) is 0 Å². The van der Waals surface area contributed by atoms with E-state index in [9.17, 15) is 9.59 Å². The van der Waals surface area contributed by atoms with Crippen LogP contribution in [0.15, 0.2) is 48.8 Å². The number of hydrogen-bond acceptors (Lipinski definition) is 3. The lowest BCUT2D eigenvalue weighted by Gasteiger charge is -2.29. The molecule has 1 N–H and O–H groups in total. The summed E-state index contributed by atoms with van der Waals surface area (Å²) >= 11 is 0. The number of nitrogens with one attached hydrogen (secondary N) is 1. The molecule has 2 aromatic rings. The van der Waals surface area contributed by atoms with E-state index in [2.05, 4.69) is 10.3 Å². The number of nitrogens with zero attached hydrogens (tertiary/aromatic N) is 2. The second-order valence-electron chi connectivity index (χ2n) is 6.60. The zero-order valence-electron chi connectivity index (χ0n) is 13.4. The van der Waals surface area contributed by atoms with Gasteiger partial charge in [0, 0.05) is 36.6 Å². The summed E-state index contributed by atoms with van der Waals surface area (Å²) in [5.41, 5.74) is 2.17. The molecule has 2 aliphatic rings. The zero-order valence-corrected chi connectivity index (χ0v) is 13.4. The third-order valence-corrected chi connectivity index (χ3v) is 5.08. The standard InChI is InChI=1S/C19H19N3O2/c23-17-16-4-2-1-3-14(16)5-8-19(21-17)9-12-22(13-19)18(24)15-6-10-20-11-7-15/h1-4,6-7,10-11H,5,8-9,12-13H2,(H,21,23)/t19-/m0/s1. The minimum absolute atomic E-state index is 0.00489. The normalized spacial score (nSPS) is 22.8. The fourth-order valence-electron chi connectivity index (χ4n) is 3.73. The topological polar surface area (TPSA) is 62.3 Å². The molecular weight excluding hydrogens is 302 g/mol. The van der Waals surface area contributed by atoms with Crippen LogP contribution in [-0.2, 0) is 6.42 Å². The zero-order chi connectivity index (χ0) is 16.6. The van der Waals surface area contributed by atoms with Crippen LogP contribution in [0.4, 0.5) is 0 Å². The molecule has 1 aromatic carbocycles. The van der Waals surface area contributed by atoms with Crippen LogP contribution in [0.5, 0.6) is 0 Å². The maximum atomic E-state index is 12.6. The molecule has 2 aliphatic heterocycles. The average Bonchev–Trinajstić information content (AvgIpc) is 2.98. The van der Waals surface area contributed by atoms with Crippen molar-refractivity contribution in [3.63, 3.8) is 0 Å². The summed E-state index contributed by atoms with van der Waals surface area (Å²) in [7, 11) is 0. The molecule has 0 bridgehead atoms. The predicted molar refractivity (Wildman–Crippen MR) is 89.7 cm³/mol. The summed E-state index contributed by atoms with van der Waals surface area (Å²) in [4.78, 5) is 31.0. The van der Waals surface area contributed by atoms with Gasteiger partial charge in [0.05, 0.1) is 5.54 Å². The van der Waals surface area contributed by atoms with Crippen molar-refractivity contribution < 1.29 is 9.59 Å². The number of fused-ring (bicyclic) bond motifs is 1. The quantitative estimate of drug-likeness (QED) is 0.874. The van der Waals surface area contributed by atoms with Crippen molar-refractivity contribution in [2.24, 2.45) is 0 Å². The Balaban J connectivity index is 1.54. The van der Waals surface area contributed by atoms with Gasteiger partial charge in [0.1, 0.15) is 0 Å². The highest BCUT2D eigenvalue weighted by atomic mass is 16.2. The highest BCUT2D eigenvalue weighted by Crippen LogP contribution is 2.31. The third kappa shape index (κ3) is 2.56. The number of hydrogen-bond donors (Lipinski definition) is 1. The summed E-state index contributed by atoms with van der Waals surface area (Å²) in [5.74, 6) is -0.0217. The van der Waals surface area contributed by atoms with E-state index in [-0.39, 0.29) is 17.4 Å². The van der Waals surface area contributed by atoms with Crippen molar-refractivity contribution in [1.29, 1.82) is 0 Å². The Morgan fingerprint density at radius 1 is 1.12 bits per heavy atom. The van der Waals surface area contributed by atoms with E-state index >= 15 is 0 Å². The number of aromatic nitrogens is 1. The maximum Gasteiger partial charge on any atom is 0.254 e. The molecule has 3 heterocycles. The van der Waals surface area contributed by atoms with E-state index in [4.69, 9.17) is 0 Å². The van der Waals surface area contributed by atoms with Gasteiger partial charge in [-0.2, -0.15) is 0 Å². The Morgan fingerprint density at radius 3 is 2.75 bits per heavy atom. The molecule has 122 valence electrons. The van der Waals surface area contributed by atoms with Gasteiger partial charge in [-0.25, -0.2) is 0 Å². The van der Waals surface area contributed by atoms with Crippen molar-refractivity contribution in [2.75, 3.05) is 13.1 Å². The lowest BCUT2D eigenvalue weighted by molar-refractivity contribution is 0.0764. The average molecular weight is 321 g/mol. The monoisotopic (exact) mass is 321 g/mol. The van der Waals surface area contributed by atoms with E-state index in [0.717, 1.165) is 30.4 Å². The summed E-state index contributed by atoms with van der Waals surface area (Å²) < 4.78 is 0. The minimum atomic E-state index is -0.321. The van der Waals surface area contributed by atoms with E-state index in [1.165, 1.54) is 0 Å². The number of carbonyl (C=O) groups is 2. The lowest BCUT2D eigenvalue weighted by atomic mass is 9.91. The number of amides is 2. The van der Waals surface area contributed by atoms with Crippen LogP contribution in [0.2, 0.25) is 0 Å². The Labute approximate surface area is 140 Å². The highest BCUT2D eigenvalue weighted by molar-refractivity contribution is 5.97. The van der Waals surface area contributed by atoms with Crippen LogP contribution in [0.1, 0.15) is 39.1 Å². The first-order valence-electron chi connectivity index (χ1n) is 8.27. The van der Waals surface area contributed by atoms with Crippen LogP contribution in [0, 0.1) is 0 Å². The first kappa shape index (κ1) is 14.9. The van der Waals surface area contributed by atoms with Gasteiger partial charge in [-0.1, -0.05) is 18.2 Å². The summed E-state index contributed by atoms with van der Waals surface area (Å²) in [5, 5.41) is 3.20. The SMILES string of the molecule is O=C1N[C@@]2(CCc3ccccc31)CCN(C(=O)c1ccncc1)C2. The molecule has 2 amide bonds. The molecule has 1 aromatic heterocycles. The molecule has 4 rings (SSSR count). The number of benzene rings is 1. The number of carbonyl (C=O) groups excluding carboxylic acids is 2.